The number of hydrogen-bond donors (Lipinski definition) is 2. The van der Waals surface area contributed by atoms with Gasteiger partial charge < -0.3 is 15.4 Å². The average Bonchev–Trinajstić information content (AvgIpc) is 2.69. The molecule has 0 aliphatic carbocycles. The lowest BCUT2D eigenvalue weighted by Gasteiger charge is -2.33. The summed E-state index contributed by atoms with van der Waals surface area (Å²) in [5.41, 5.74) is 0.960. The predicted octanol–water partition coefficient (Wildman–Crippen LogP) is 3.52. The molecule has 1 atom stereocenters. The molecule has 1 aliphatic rings. The molecule has 1 heterocycles. The van der Waals surface area contributed by atoms with Gasteiger partial charge in [0.1, 0.15) is 0 Å². The highest BCUT2D eigenvalue weighted by atomic mass is 127. The zero-order valence-electron chi connectivity index (χ0n) is 19.4. The van der Waals surface area contributed by atoms with Gasteiger partial charge in [-0.15, -0.1) is 24.0 Å². The summed E-state index contributed by atoms with van der Waals surface area (Å²) in [6, 6.07) is 5.51. The van der Waals surface area contributed by atoms with Crippen molar-refractivity contribution in [3.63, 3.8) is 0 Å². The molecule has 0 aromatic heterocycles. The van der Waals surface area contributed by atoms with Gasteiger partial charge >= 0.3 is 0 Å². The molecule has 6 nitrogen and oxygen atoms in total. The Balaban J connectivity index is 0.00000480. The Kier molecular flexibility index (Phi) is 12.3. The number of guanidine groups is 1. The van der Waals surface area contributed by atoms with Gasteiger partial charge in [-0.3, -0.25) is 14.1 Å². The zero-order chi connectivity index (χ0) is 22.1. The lowest BCUT2D eigenvalue weighted by molar-refractivity contribution is 0.198. The van der Waals surface area contributed by atoms with E-state index in [1.165, 1.54) is 7.11 Å². The minimum absolute atomic E-state index is 0. The first kappa shape index (κ1) is 28.1. The molecule has 0 saturated carbocycles. The summed E-state index contributed by atoms with van der Waals surface area (Å²) in [4.78, 5) is 6.95. The van der Waals surface area contributed by atoms with E-state index in [1.54, 1.807) is 12.1 Å². The van der Waals surface area contributed by atoms with Gasteiger partial charge in [-0.05, 0) is 58.2 Å². The summed E-state index contributed by atoms with van der Waals surface area (Å²) in [5.74, 6) is 1.32. The number of nitrogens with one attached hydrogen (secondary N) is 2. The minimum Gasteiger partial charge on any atom is -0.494 e. The summed E-state index contributed by atoms with van der Waals surface area (Å²) in [6.07, 6.45) is 1.99. The van der Waals surface area contributed by atoms with Crippen LogP contribution < -0.4 is 15.4 Å². The molecule has 9 heteroatoms. The van der Waals surface area contributed by atoms with Crippen LogP contribution in [0.25, 0.3) is 0 Å². The van der Waals surface area contributed by atoms with E-state index in [4.69, 9.17) is 4.74 Å². The fourth-order valence-corrected chi connectivity index (χ4v) is 4.23. The number of ether oxygens (including phenoxy) is 1. The second kappa shape index (κ2) is 13.6. The smallest absolute Gasteiger partial charge is 0.191 e. The van der Waals surface area contributed by atoms with Crippen LogP contribution in [0.5, 0.6) is 5.75 Å². The van der Waals surface area contributed by atoms with Crippen LogP contribution in [-0.4, -0.2) is 64.9 Å². The number of halogens is 2. The monoisotopic (exact) mass is 568 g/mol. The Bertz CT molecular complexity index is 735. The van der Waals surface area contributed by atoms with Crippen molar-refractivity contribution < 1.29 is 13.3 Å². The molecule has 1 aliphatic heterocycles. The summed E-state index contributed by atoms with van der Waals surface area (Å²) in [7, 11) is 0.580. The number of piperidine rings is 1. The van der Waals surface area contributed by atoms with Gasteiger partial charge in [0, 0.05) is 53.5 Å². The quantitative estimate of drug-likeness (QED) is 0.286. The molecule has 2 rings (SSSR count). The summed E-state index contributed by atoms with van der Waals surface area (Å²) >= 11 is 0. The highest BCUT2D eigenvalue weighted by Gasteiger charge is 2.21. The molecule has 0 bridgehead atoms. The molecule has 1 unspecified atom stereocenters. The first-order valence-electron chi connectivity index (χ1n) is 10.7. The first-order chi connectivity index (χ1) is 14.2. The molecular formula is C22H38FIN4O2S. The summed E-state index contributed by atoms with van der Waals surface area (Å²) in [5, 5.41) is 6.80. The maximum atomic E-state index is 13.9. The Morgan fingerprint density at radius 1 is 1.32 bits per heavy atom. The van der Waals surface area contributed by atoms with Gasteiger partial charge in [-0.1, -0.05) is 6.07 Å². The fourth-order valence-electron chi connectivity index (χ4n) is 3.36. The average molecular weight is 569 g/mol. The number of nitrogens with zero attached hydrogens (tertiary/aromatic N) is 2. The lowest BCUT2D eigenvalue weighted by atomic mass is 10.0. The molecule has 1 aromatic carbocycles. The van der Waals surface area contributed by atoms with Crippen molar-refractivity contribution in [1.82, 2.24) is 15.5 Å². The van der Waals surface area contributed by atoms with Gasteiger partial charge in [0.15, 0.2) is 17.5 Å². The number of rotatable bonds is 8. The van der Waals surface area contributed by atoms with Crippen molar-refractivity contribution in [3.8, 4) is 5.75 Å². The minimum atomic E-state index is -0.897. The van der Waals surface area contributed by atoms with Crippen LogP contribution in [0.3, 0.4) is 0 Å². The standard InChI is InChI=1S/C22H37FN4O2S.HI/c1-6-24-21(25-11-14-30(28)22(2,3)4)26-18-9-12-27(13-10-18)16-17-7-8-20(29-5)19(23)15-17;/h7-8,15,18H,6,9-14,16H2,1-5H3,(H2,24,25,26);1H. The third-order valence-electron chi connectivity index (χ3n) is 5.12. The van der Waals surface area contributed by atoms with Gasteiger partial charge in [-0.25, -0.2) is 4.39 Å². The van der Waals surface area contributed by atoms with Crippen LogP contribution in [0.2, 0.25) is 0 Å². The van der Waals surface area contributed by atoms with Crippen molar-refractivity contribution in [3.05, 3.63) is 29.6 Å². The summed E-state index contributed by atoms with van der Waals surface area (Å²) < 4.78 is 30.9. The van der Waals surface area contributed by atoms with Crippen LogP contribution in [0.1, 0.15) is 46.1 Å². The Labute approximate surface area is 206 Å². The highest BCUT2D eigenvalue weighted by molar-refractivity contribution is 14.0. The molecule has 31 heavy (non-hydrogen) atoms. The third kappa shape index (κ3) is 9.61. The van der Waals surface area contributed by atoms with Crippen molar-refractivity contribution in [1.29, 1.82) is 0 Å². The van der Waals surface area contributed by atoms with Crippen LogP contribution in [0.15, 0.2) is 23.2 Å². The molecule has 1 fully saturated rings. The SMILES string of the molecule is CCNC(=NCCS(=O)C(C)(C)C)NC1CCN(Cc2ccc(OC)c(F)c2)CC1.I. The fraction of sp³-hybridized carbons (Fsp3) is 0.682. The second-order valence-electron chi connectivity index (χ2n) is 8.59. The highest BCUT2D eigenvalue weighted by Crippen LogP contribution is 2.20. The first-order valence-corrected chi connectivity index (χ1v) is 12.0. The van der Waals surface area contributed by atoms with Crippen molar-refractivity contribution in [2.75, 3.05) is 39.0 Å². The van der Waals surface area contributed by atoms with Crippen LogP contribution in [0.4, 0.5) is 4.39 Å². The maximum absolute atomic E-state index is 13.9. The molecule has 1 saturated heterocycles. The number of methoxy groups -OCH3 is 1. The van der Waals surface area contributed by atoms with E-state index in [0.29, 0.717) is 18.3 Å². The van der Waals surface area contributed by atoms with Crippen molar-refractivity contribution in [2.24, 2.45) is 4.99 Å². The van der Waals surface area contributed by atoms with Crippen molar-refractivity contribution >= 4 is 40.7 Å². The largest absolute Gasteiger partial charge is 0.494 e. The van der Waals surface area contributed by atoms with E-state index >= 15 is 0 Å². The van der Waals surface area contributed by atoms with E-state index in [2.05, 4.69) is 20.5 Å². The molecule has 0 radical (unpaired) electrons. The number of likely N-dealkylation sites (tertiary alicyclic amines) is 1. The summed E-state index contributed by atoms with van der Waals surface area (Å²) in [6.45, 7) is 12.0. The number of benzene rings is 1. The van der Waals surface area contributed by atoms with Crippen LogP contribution in [0, 0.1) is 5.82 Å². The molecular weight excluding hydrogens is 530 g/mol. The molecule has 2 N–H and O–H groups in total. The van der Waals surface area contributed by atoms with E-state index in [0.717, 1.165) is 50.5 Å². The van der Waals surface area contributed by atoms with Gasteiger partial charge in [0.25, 0.3) is 0 Å². The second-order valence-corrected chi connectivity index (χ2v) is 10.9. The number of aliphatic imine (C=N–C) groups is 1. The Morgan fingerprint density at radius 3 is 2.55 bits per heavy atom. The van der Waals surface area contributed by atoms with Gasteiger partial charge in [0.05, 0.1) is 13.7 Å². The maximum Gasteiger partial charge on any atom is 0.191 e. The Morgan fingerprint density at radius 2 is 2.00 bits per heavy atom. The Hall–Kier alpha value is -0.940. The van der Waals surface area contributed by atoms with E-state index in [1.807, 2.05) is 33.8 Å². The van der Waals surface area contributed by atoms with Crippen molar-refractivity contribution in [2.45, 2.75) is 57.9 Å². The molecule has 1 aromatic rings. The predicted molar refractivity (Wildman–Crippen MR) is 139 cm³/mol. The molecule has 178 valence electrons. The van der Waals surface area contributed by atoms with E-state index in [9.17, 15) is 8.60 Å². The van der Waals surface area contributed by atoms with Crippen LogP contribution in [-0.2, 0) is 17.3 Å². The van der Waals surface area contributed by atoms with Gasteiger partial charge in [-0.2, -0.15) is 0 Å². The number of hydrogen-bond acceptors (Lipinski definition) is 4. The lowest BCUT2D eigenvalue weighted by Crippen LogP contribution is -2.48. The molecule has 0 spiro atoms. The molecule has 0 amide bonds. The normalized spacial score (nSPS) is 17.0. The van der Waals surface area contributed by atoms with E-state index in [-0.39, 0.29) is 40.3 Å². The van der Waals surface area contributed by atoms with E-state index < -0.39 is 10.8 Å². The van der Waals surface area contributed by atoms with Gasteiger partial charge in [0.2, 0.25) is 0 Å². The zero-order valence-corrected chi connectivity index (χ0v) is 22.5. The van der Waals surface area contributed by atoms with Crippen LogP contribution >= 0.6 is 24.0 Å². The third-order valence-corrected chi connectivity index (χ3v) is 7.04. The topological polar surface area (TPSA) is 66.0 Å².